The van der Waals surface area contributed by atoms with Gasteiger partial charge in [0.2, 0.25) is 0 Å². The lowest BCUT2D eigenvalue weighted by molar-refractivity contribution is 0.710. The molecule has 3 aromatic rings. The lowest BCUT2D eigenvalue weighted by Gasteiger charge is -2.05. The molecule has 3 rings (SSSR count). The Balaban J connectivity index is 2.02. The smallest absolute Gasteiger partial charge is 0.324 e. The molecule has 7 nitrogen and oxygen atoms in total. The molecule has 1 N–H and O–H groups in total. The van der Waals surface area contributed by atoms with E-state index >= 15 is 0 Å². The van der Waals surface area contributed by atoms with Crippen LogP contribution in [0.3, 0.4) is 0 Å². The third-order valence-corrected chi connectivity index (χ3v) is 3.47. The first kappa shape index (κ1) is 13.8. The van der Waals surface area contributed by atoms with E-state index in [-0.39, 0.29) is 12.2 Å². The van der Waals surface area contributed by atoms with Crippen LogP contribution in [0, 0.1) is 11.3 Å². The van der Waals surface area contributed by atoms with Crippen LogP contribution in [-0.4, -0.2) is 19.1 Å². The summed E-state index contributed by atoms with van der Waals surface area (Å²) in [5, 5.41) is 8.80. The summed E-state index contributed by atoms with van der Waals surface area (Å²) in [5.41, 5.74) is 0.590. The number of nitrogens with one attached hydrogen (secondary N) is 1. The van der Waals surface area contributed by atoms with Crippen molar-refractivity contribution < 1.29 is 0 Å². The molecule has 0 saturated heterocycles. The molecule has 0 amide bonds. The maximum atomic E-state index is 12.0. The molecule has 1 aromatic carbocycles. The van der Waals surface area contributed by atoms with Gasteiger partial charge in [-0.3, -0.25) is 14.3 Å². The maximum Gasteiger partial charge on any atom is 0.331 e. The van der Waals surface area contributed by atoms with Crippen LogP contribution in [0.2, 0.25) is 0 Å². The van der Waals surface area contributed by atoms with Gasteiger partial charge >= 0.3 is 5.69 Å². The first-order valence-corrected chi connectivity index (χ1v) is 6.79. The van der Waals surface area contributed by atoms with E-state index in [1.54, 1.807) is 4.57 Å². The molecule has 110 valence electrons. The zero-order chi connectivity index (χ0) is 15.5. The van der Waals surface area contributed by atoms with Crippen LogP contribution in [0.15, 0.2) is 46.2 Å². The monoisotopic (exact) mass is 295 g/mol. The van der Waals surface area contributed by atoms with Crippen LogP contribution in [0.25, 0.3) is 11.2 Å². The Morgan fingerprint density at radius 2 is 2.00 bits per heavy atom. The molecule has 2 aromatic heterocycles. The number of hydrogen-bond acceptors (Lipinski definition) is 4. The van der Waals surface area contributed by atoms with Gasteiger partial charge in [-0.1, -0.05) is 30.3 Å². The standard InChI is InChI=1S/C15H13N5O2/c16-7-9-20-13-12(14(21)18-15(20)22)19(10-17-13)8-6-11-4-2-1-3-5-11/h1-5,10H,6,8-9H2,(H,18,21,22). The number of hydrogen-bond donors (Lipinski definition) is 1. The molecular formula is C15H13N5O2. The number of aryl methyl sites for hydroxylation is 2. The summed E-state index contributed by atoms with van der Waals surface area (Å²) < 4.78 is 2.87. The largest absolute Gasteiger partial charge is 0.331 e. The van der Waals surface area contributed by atoms with Gasteiger partial charge in [0.15, 0.2) is 11.2 Å². The van der Waals surface area contributed by atoms with Crippen molar-refractivity contribution in [1.82, 2.24) is 19.1 Å². The molecule has 0 radical (unpaired) electrons. The highest BCUT2D eigenvalue weighted by Crippen LogP contribution is 2.08. The van der Waals surface area contributed by atoms with E-state index in [1.165, 1.54) is 6.33 Å². The van der Waals surface area contributed by atoms with Crippen molar-refractivity contribution in [1.29, 1.82) is 5.26 Å². The quantitative estimate of drug-likeness (QED) is 0.764. The van der Waals surface area contributed by atoms with Gasteiger partial charge in [0.25, 0.3) is 5.56 Å². The SMILES string of the molecule is N#CCn1c(=O)[nH]c(=O)c2c1ncn2CCc1ccccc1. The minimum Gasteiger partial charge on any atom is -0.324 e. The van der Waals surface area contributed by atoms with E-state index in [0.29, 0.717) is 12.1 Å². The molecule has 0 spiro atoms. The third kappa shape index (κ3) is 2.42. The lowest BCUT2D eigenvalue weighted by atomic mass is 10.1. The summed E-state index contributed by atoms with van der Waals surface area (Å²) >= 11 is 0. The van der Waals surface area contributed by atoms with Gasteiger partial charge in [0, 0.05) is 6.54 Å². The van der Waals surface area contributed by atoms with Crippen LogP contribution in [-0.2, 0) is 19.5 Å². The van der Waals surface area contributed by atoms with Gasteiger partial charge in [-0.05, 0) is 12.0 Å². The maximum absolute atomic E-state index is 12.0. The average Bonchev–Trinajstić information content (AvgIpc) is 2.95. The fourth-order valence-corrected chi connectivity index (χ4v) is 2.40. The second kappa shape index (κ2) is 5.69. The Kier molecular flexibility index (Phi) is 3.58. The normalized spacial score (nSPS) is 10.7. The zero-order valence-corrected chi connectivity index (χ0v) is 11.7. The van der Waals surface area contributed by atoms with Gasteiger partial charge in [-0.25, -0.2) is 9.78 Å². The Morgan fingerprint density at radius 3 is 2.73 bits per heavy atom. The number of imidazole rings is 1. The number of H-pyrrole nitrogens is 1. The Bertz CT molecular complexity index is 959. The summed E-state index contributed by atoms with van der Waals surface area (Å²) in [6, 6.07) is 11.8. The number of nitrogens with zero attached hydrogens (tertiary/aromatic N) is 4. The number of benzene rings is 1. The molecule has 0 bridgehead atoms. The van der Waals surface area contributed by atoms with Gasteiger partial charge < -0.3 is 4.57 Å². The topological polar surface area (TPSA) is 96.5 Å². The molecule has 7 heteroatoms. The number of fused-ring (bicyclic) bond motifs is 1. The van der Waals surface area contributed by atoms with Crippen molar-refractivity contribution in [2.75, 3.05) is 0 Å². The molecule has 0 fully saturated rings. The fraction of sp³-hybridized carbons (Fsp3) is 0.200. The third-order valence-electron chi connectivity index (χ3n) is 3.47. The Hall–Kier alpha value is -3.14. The molecule has 2 heterocycles. The first-order valence-electron chi connectivity index (χ1n) is 6.79. The number of aromatic amines is 1. The summed E-state index contributed by atoms with van der Waals surface area (Å²) in [7, 11) is 0. The molecule has 0 saturated carbocycles. The second-order valence-corrected chi connectivity index (χ2v) is 4.85. The zero-order valence-electron chi connectivity index (χ0n) is 11.7. The van der Waals surface area contributed by atoms with Crippen LogP contribution in [0.1, 0.15) is 5.56 Å². The minimum atomic E-state index is -0.618. The second-order valence-electron chi connectivity index (χ2n) is 4.85. The van der Waals surface area contributed by atoms with Crippen molar-refractivity contribution in [3.63, 3.8) is 0 Å². The van der Waals surface area contributed by atoms with E-state index in [4.69, 9.17) is 5.26 Å². The summed E-state index contributed by atoms with van der Waals surface area (Å²) in [4.78, 5) is 30.1. The van der Waals surface area contributed by atoms with Crippen LogP contribution in [0.4, 0.5) is 0 Å². The lowest BCUT2D eigenvalue weighted by Crippen LogP contribution is -2.31. The first-order chi connectivity index (χ1) is 10.7. The molecule has 0 atom stereocenters. The highest BCUT2D eigenvalue weighted by atomic mass is 16.2. The van der Waals surface area contributed by atoms with E-state index in [9.17, 15) is 9.59 Å². The molecule has 0 aliphatic rings. The molecule has 0 unspecified atom stereocenters. The van der Waals surface area contributed by atoms with Crippen LogP contribution < -0.4 is 11.2 Å². The van der Waals surface area contributed by atoms with E-state index in [1.807, 2.05) is 36.4 Å². The van der Waals surface area contributed by atoms with Crippen molar-refractivity contribution in [3.8, 4) is 6.07 Å². The molecular weight excluding hydrogens is 282 g/mol. The minimum absolute atomic E-state index is 0.151. The van der Waals surface area contributed by atoms with Gasteiger partial charge in [-0.2, -0.15) is 5.26 Å². The number of rotatable bonds is 4. The predicted octanol–water partition coefficient (Wildman–Crippen LogP) is 0.653. The highest BCUT2D eigenvalue weighted by Gasteiger charge is 2.13. The predicted molar refractivity (Wildman–Crippen MR) is 80.4 cm³/mol. The van der Waals surface area contributed by atoms with Crippen molar-refractivity contribution in [3.05, 3.63) is 63.1 Å². The number of nitriles is 1. The summed E-state index contributed by atoms with van der Waals surface area (Å²) in [6.45, 7) is 0.413. The van der Waals surface area contributed by atoms with Gasteiger partial charge in [0.1, 0.15) is 6.54 Å². The van der Waals surface area contributed by atoms with Crippen molar-refractivity contribution in [2.24, 2.45) is 0 Å². The molecule has 0 aliphatic carbocycles. The van der Waals surface area contributed by atoms with E-state index in [0.717, 1.165) is 16.6 Å². The van der Waals surface area contributed by atoms with Crippen molar-refractivity contribution in [2.45, 2.75) is 19.5 Å². The van der Waals surface area contributed by atoms with Crippen LogP contribution >= 0.6 is 0 Å². The van der Waals surface area contributed by atoms with Crippen LogP contribution in [0.5, 0.6) is 0 Å². The average molecular weight is 295 g/mol. The summed E-state index contributed by atoms with van der Waals surface area (Å²) in [5.74, 6) is 0. The molecule has 22 heavy (non-hydrogen) atoms. The highest BCUT2D eigenvalue weighted by molar-refractivity contribution is 5.69. The fourth-order valence-electron chi connectivity index (χ4n) is 2.40. The Morgan fingerprint density at radius 1 is 1.23 bits per heavy atom. The van der Waals surface area contributed by atoms with Crippen molar-refractivity contribution >= 4 is 11.2 Å². The van der Waals surface area contributed by atoms with E-state index in [2.05, 4.69) is 9.97 Å². The van der Waals surface area contributed by atoms with E-state index < -0.39 is 11.2 Å². The van der Waals surface area contributed by atoms with Gasteiger partial charge in [0.05, 0.1) is 12.4 Å². The Labute approximate surface area is 125 Å². The van der Waals surface area contributed by atoms with Gasteiger partial charge in [-0.15, -0.1) is 0 Å². The molecule has 0 aliphatic heterocycles. The number of aromatic nitrogens is 4. The summed E-state index contributed by atoms with van der Waals surface area (Å²) in [6.07, 6.45) is 2.26.